The van der Waals surface area contributed by atoms with Gasteiger partial charge in [0.05, 0.1) is 5.69 Å². The lowest BCUT2D eigenvalue weighted by molar-refractivity contribution is 0.102. The van der Waals surface area contributed by atoms with Gasteiger partial charge in [-0.05, 0) is 52.3 Å². The molecule has 0 fully saturated rings. The van der Waals surface area contributed by atoms with E-state index in [-0.39, 0.29) is 5.91 Å². The van der Waals surface area contributed by atoms with Crippen LogP contribution in [-0.2, 0) is 0 Å². The van der Waals surface area contributed by atoms with E-state index in [1.54, 1.807) is 12.1 Å². The smallest absolute Gasteiger partial charge is 0.255 e. The number of rotatable bonds is 3. The van der Waals surface area contributed by atoms with E-state index in [9.17, 15) is 4.79 Å². The number of carbonyl (C=O) groups is 1. The number of para-hydroxylation sites is 1. The van der Waals surface area contributed by atoms with Gasteiger partial charge in [-0.2, -0.15) is 0 Å². The minimum atomic E-state index is -0.121. The summed E-state index contributed by atoms with van der Waals surface area (Å²) in [5.74, 6) is -0.121. The van der Waals surface area contributed by atoms with E-state index in [0.717, 1.165) is 15.8 Å². The second kappa shape index (κ2) is 5.69. The van der Waals surface area contributed by atoms with Crippen LogP contribution in [0.1, 0.15) is 10.4 Å². The number of benzene rings is 2. The Balaban J connectivity index is 2.14. The van der Waals surface area contributed by atoms with Gasteiger partial charge in [-0.1, -0.05) is 12.1 Å². The molecule has 2 rings (SSSR count). The van der Waals surface area contributed by atoms with Crippen molar-refractivity contribution in [1.82, 2.24) is 0 Å². The largest absolute Gasteiger partial charge is 0.388 e. The van der Waals surface area contributed by atoms with Crippen molar-refractivity contribution in [2.75, 3.05) is 17.7 Å². The molecular formula is C14H13BrN2O. The van der Waals surface area contributed by atoms with Crippen LogP contribution in [0.5, 0.6) is 0 Å². The van der Waals surface area contributed by atoms with Gasteiger partial charge in [-0.3, -0.25) is 4.79 Å². The lowest BCUT2D eigenvalue weighted by atomic mass is 10.2. The van der Waals surface area contributed by atoms with Crippen LogP contribution in [0.25, 0.3) is 0 Å². The molecule has 0 saturated carbocycles. The zero-order valence-corrected chi connectivity index (χ0v) is 11.5. The van der Waals surface area contributed by atoms with Gasteiger partial charge in [0.15, 0.2) is 0 Å². The first-order valence-electron chi connectivity index (χ1n) is 5.54. The van der Waals surface area contributed by atoms with Crippen LogP contribution < -0.4 is 10.6 Å². The molecule has 1 amide bonds. The van der Waals surface area contributed by atoms with Gasteiger partial charge in [0.2, 0.25) is 0 Å². The van der Waals surface area contributed by atoms with E-state index in [1.807, 2.05) is 43.4 Å². The summed E-state index contributed by atoms with van der Waals surface area (Å²) in [5.41, 5.74) is 2.37. The Bertz CT molecular complexity index is 552. The van der Waals surface area contributed by atoms with Crippen LogP contribution in [-0.4, -0.2) is 13.0 Å². The van der Waals surface area contributed by atoms with E-state index >= 15 is 0 Å². The molecule has 0 saturated heterocycles. The highest BCUT2D eigenvalue weighted by molar-refractivity contribution is 9.10. The first-order valence-corrected chi connectivity index (χ1v) is 6.33. The van der Waals surface area contributed by atoms with Gasteiger partial charge >= 0.3 is 0 Å². The minimum absolute atomic E-state index is 0.121. The molecule has 0 aliphatic heterocycles. The third-order valence-corrected chi connectivity index (χ3v) is 3.25. The van der Waals surface area contributed by atoms with Crippen LogP contribution >= 0.6 is 15.9 Å². The fourth-order valence-electron chi connectivity index (χ4n) is 1.55. The van der Waals surface area contributed by atoms with E-state index in [2.05, 4.69) is 26.6 Å². The molecule has 0 aliphatic rings. The average molecular weight is 305 g/mol. The molecule has 0 bridgehead atoms. The minimum Gasteiger partial charge on any atom is -0.388 e. The average Bonchev–Trinajstić information content (AvgIpc) is 2.41. The van der Waals surface area contributed by atoms with Crippen molar-refractivity contribution in [3.63, 3.8) is 0 Å². The van der Waals surface area contributed by atoms with Gasteiger partial charge < -0.3 is 10.6 Å². The predicted molar refractivity (Wildman–Crippen MR) is 78.1 cm³/mol. The Hall–Kier alpha value is -1.81. The standard InChI is InChI=1S/C14H13BrN2O/c1-16-11-8-6-10(7-9-11)14(18)17-13-5-3-2-4-12(13)15/h2-9,16H,1H3,(H,17,18). The molecule has 0 aliphatic carbocycles. The zero-order chi connectivity index (χ0) is 13.0. The summed E-state index contributed by atoms with van der Waals surface area (Å²) in [6.07, 6.45) is 0. The molecule has 0 heterocycles. The predicted octanol–water partition coefficient (Wildman–Crippen LogP) is 3.74. The van der Waals surface area contributed by atoms with Gasteiger partial charge in [0, 0.05) is 22.8 Å². The van der Waals surface area contributed by atoms with Crippen LogP contribution in [0.4, 0.5) is 11.4 Å². The van der Waals surface area contributed by atoms with Crippen molar-refractivity contribution in [3.05, 3.63) is 58.6 Å². The first kappa shape index (κ1) is 12.6. The number of hydrogen-bond acceptors (Lipinski definition) is 2. The maximum atomic E-state index is 12.0. The lowest BCUT2D eigenvalue weighted by Gasteiger charge is -2.07. The van der Waals surface area contributed by atoms with Crippen LogP contribution in [0.3, 0.4) is 0 Å². The topological polar surface area (TPSA) is 41.1 Å². The number of anilines is 2. The molecule has 3 nitrogen and oxygen atoms in total. The lowest BCUT2D eigenvalue weighted by Crippen LogP contribution is -2.12. The number of hydrogen-bond donors (Lipinski definition) is 2. The van der Waals surface area contributed by atoms with Gasteiger partial charge in [-0.25, -0.2) is 0 Å². The molecule has 0 spiro atoms. The Morgan fingerprint density at radius 1 is 1.06 bits per heavy atom. The molecule has 0 aromatic heterocycles. The zero-order valence-electron chi connectivity index (χ0n) is 9.91. The molecule has 92 valence electrons. The molecule has 0 atom stereocenters. The molecule has 2 aromatic rings. The highest BCUT2D eigenvalue weighted by Crippen LogP contribution is 2.22. The summed E-state index contributed by atoms with van der Waals surface area (Å²) in [6, 6.07) is 14.8. The summed E-state index contributed by atoms with van der Waals surface area (Å²) in [7, 11) is 1.84. The summed E-state index contributed by atoms with van der Waals surface area (Å²) >= 11 is 3.40. The van der Waals surface area contributed by atoms with E-state index < -0.39 is 0 Å². The van der Waals surface area contributed by atoms with Crippen molar-refractivity contribution >= 4 is 33.2 Å². The van der Waals surface area contributed by atoms with E-state index in [0.29, 0.717) is 5.56 Å². The summed E-state index contributed by atoms with van der Waals surface area (Å²) in [5, 5.41) is 5.87. The molecule has 4 heteroatoms. The van der Waals surface area contributed by atoms with Crippen molar-refractivity contribution in [1.29, 1.82) is 0 Å². The number of halogens is 1. The second-order valence-electron chi connectivity index (χ2n) is 3.76. The molecule has 0 radical (unpaired) electrons. The number of nitrogens with one attached hydrogen (secondary N) is 2. The first-order chi connectivity index (χ1) is 8.70. The van der Waals surface area contributed by atoms with Crippen molar-refractivity contribution in [3.8, 4) is 0 Å². The third-order valence-electron chi connectivity index (χ3n) is 2.56. The SMILES string of the molecule is CNc1ccc(C(=O)Nc2ccccc2Br)cc1. The van der Waals surface area contributed by atoms with Crippen LogP contribution in [0.2, 0.25) is 0 Å². The second-order valence-corrected chi connectivity index (χ2v) is 4.62. The Morgan fingerprint density at radius 3 is 2.33 bits per heavy atom. The van der Waals surface area contributed by atoms with Gasteiger partial charge in [0.25, 0.3) is 5.91 Å². The van der Waals surface area contributed by atoms with Crippen molar-refractivity contribution in [2.45, 2.75) is 0 Å². The fraction of sp³-hybridized carbons (Fsp3) is 0.0714. The molecule has 18 heavy (non-hydrogen) atoms. The van der Waals surface area contributed by atoms with Crippen LogP contribution in [0.15, 0.2) is 53.0 Å². The van der Waals surface area contributed by atoms with Gasteiger partial charge in [-0.15, -0.1) is 0 Å². The highest BCUT2D eigenvalue weighted by Gasteiger charge is 2.07. The summed E-state index contributed by atoms with van der Waals surface area (Å²) < 4.78 is 0.866. The van der Waals surface area contributed by atoms with Crippen molar-refractivity contribution < 1.29 is 4.79 Å². The van der Waals surface area contributed by atoms with E-state index in [1.165, 1.54) is 0 Å². The van der Waals surface area contributed by atoms with Crippen molar-refractivity contribution in [2.24, 2.45) is 0 Å². The van der Waals surface area contributed by atoms with Gasteiger partial charge in [0.1, 0.15) is 0 Å². The Kier molecular flexibility index (Phi) is 3.99. The van der Waals surface area contributed by atoms with E-state index in [4.69, 9.17) is 0 Å². The van der Waals surface area contributed by atoms with Crippen LogP contribution in [0, 0.1) is 0 Å². The maximum absolute atomic E-state index is 12.0. The third kappa shape index (κ3) is 2.90. The Morgan fingerprint density at radius 2 is 1.72 bits per heavy atom. The maximum Gasteiger partial charge on any atom is 0.255 e. The normalized spacial score (nSPS) is 9.89. The monoisotopic (exact) mass is 304 g/mol. The Labute approximate surface area is 114 Å². The highest BCUT2D eigenvalue weighted by atomic mass is 79.9. The summed E-state index contributed by atoms with van der Waals surface area (Å²) in [6.45, 7) is 0. The number of carbonyl (C=O) groups excluding carboxylic acids is 1. The summed E-state index contributed by atoms with van der Waals surface area (Å²) in [4.78, 5) is 12.0. The quantitative estimate of drug-likeness (QED) is 0.907. The fourth-order valence-corrected chi connectivity index (χ4v) is 1.93. The number of amides is 1. The molecule has 2 aromatic carbocycles. The molecule has 2 N–H and O–H groups in total. The molecule has 0 unspecified atom stereocenters. The molecular weight excluding hydrogens is 292 g/mol.